The molecular weight excluding hydrogens is 488 g/mol. The number of ether oxygens (including phenoxy) is 6. The number of esters is 1. The summed E-state index contributed by atoms with van der Waals surface area (Å²) < 4.78 is 34.0. The molecule has 0 amide bonds. The molecule has 6 rings (SSSR count). The fourth-order valence-electron chi connectivity index (χ4n) is 5.61. The number of anilines is 1. The monoisotopic (exact) mass is 518 g/mol. The quantitative estimate of drug-likeness (QED) is 0.455. The molecule has 3 aromatic carbocycles. The topological polar surface area (TPSA) is 87.7 Å². The van der Waals surface area contributed by atoms with E-state index >= 15 is 0 Å². The Morgan fingerprint density at radius 3 is 2.68 bits per heavy atom. The summed E-state index contributed by atoms with van der Waals surface area (Å²) in [6.07, 6.45) is 0.354. The highest BCUT2D eigenvalue weighted by Gasteiger charge is 2.44. The van der Waals surface area contributed by atoms with Crippen LogP contribution in [0, 0.1) is 0 Å². The first-order chi connectivity index (χ1) is 18.5. The van der Waals surface area contributed by atoms with Gasteiger partial charge < -0.3 is 33.7 Å². The van der Waals surface area contributed by atoms with Crippen molar-refractivity contribution in [1.82, 2.24) is 4.90 Å². The molecule has 0 saturated heterocycles. The lowest BCUT2D eigenvalue weighted by Gasteiger charge is -2.38. The van der Waals surface area contributed by atoms with Crippen LogP contribution < -0.4 is 29.0 Å². The van der Waals surface area contributed by atoms with Crippen LogP contribution in [0.4, 0.5) is 5.69 Å². The zero-order valence-corrected chi connectivity index (χ0v) is 21.8. The molecule has 0 aromatic heterocycles. The Kier molecular flexibility index (Phi) is 6.15. The smallest absolute Gasteiger partial charge is 0.339 e. The van der Waals surface area contributed by atoms with Crippen LogP contribution in [-0.2, 0) is 17.7 Å². The van der Waals surface area contributed by atoms with Crippen molar-refractivity contribution in [2.24, 2.45) is 0 Å². The van der Waals surface area contributed by atoms with E-state index in [2.05, 4.69) is 10.2 Å². The van der Waals surface area contributed by atoms with Crippen molar-refractivity contribution >= 4 is 11.7 Å². The van der Waals surface area contributed by atoms with Gasteiger partial charge in [0.05, 0.1) is 32.9 Å². The highest BCUT2D eigenvalue weighted by molar-refractivity contribution is 5.95. The van der Waals surface area contributed by atoms with Crippen LogP contribution in [0.25, 0.3) is 0 Å². The van der Waals surface area contributed by atoms with E-state index in [1.165, 1.54) is 0 Å². The van der Waals surface area contributed by atoms with E-state index in [1.807, 2.05) is 49.5 Å². The first-order valence-electron chi connectivity index (χ1n) is 12.5. The maximum absolute atomic E-state index is 13.1. The lowest BCUT2D eigenvalue weighted by molar-refractivity contribution is 0.00882. The third kappa shape index (κ3) is 3.94. The van der Waals surface area contributed by atoms with Crippen LogP contribution in [0.15, 0.2) is 42.5 Å². The normalized spacial score (nSPS) is 19.4. The first kappa shape index (κ1) is 24.2. The Morgan fingerprint density at radius 1 is 1.03 bits per heavy atom. The summed E-state index contributed by atoms with van der Waals surface area (Å²) in [6, 6.07) is 13.3. The van der Waals surface area contributed by atoms with E-state index in [9.17, 15) is 4.79 Å². The van der Waals surface area contributed by atoms with Crippen LogP contribution in [-0.4, -0.2) is 52.6 Å². The zero-order valence-electron chi connectivity index (χ0n) is 21.8. The molecule has 2 atom stereocenters. The highest BCUT2D eigenvalue weighted by atomic mass is 16.7. The lowest BCUT2D eigenvalue weighted by Crippen LogP contribution is -2.36. The predicted octanol–water partition coefficient (Wildman–Crippen LogP) is 4.49. The Balaban J connectivity index is 1.30. The summed E-state index contributed by atoms with van der Waals surface area (Å²) in [4.78, 5) is 15.3. The van der Waals surface area contributed by atoms with Crippen molar-refractivity contribution in [3.8, 4) is 28.7 Å². The third-order valence-corrected chi connectivity index (χ3v) is 7.53. The second-order valence-corrected chi connectivity index (χ2v) is 9.55. The third-order valence-electron chi connectivity index (χ3n) is 7.53. The van der Waals surface area contributed by atoms with Crippen molar-refractivity contribution in [1.29, 1.82) is 0 Å². The molecule has 38 heavy (non-hydrogen) atoms. The Labute approximate surface area is 221 Å². The van der Waals surface area contributed by atoms with Crippen molar-refractivity contribution in [2.45, 2.75) is 25.1 Å². The summed E-state index contributed by atoms with van der Waals surface area (Å²) in [5, 5.41) is 3.40. The second kappa shape index (κ2) is 9.64. The minimum Gasteiger partial charge on any atom is -0.497 e. The number of likely N-dealkylation sites (N-methyl/N-ethyl adjacent to an activating group) is 1. The number of nitrogens with zero attached hydrogens (tertiary/aromatic N) is 1. The number of carbonyl (C=O) groups is 1. The average Bonchev–Trinajstić information content (AvgIpc) is 3.54. The van der Waals surface area contributed by atoms with Crippen LogP contribution >= 0.6 is 0 Å². The molecule has 3 aliphatic rings. The van der Waals surface area contributed by atoms with Gasteiger partial charge in [0, 0.05) is 41.5 Å². The molecule has 0 aliphatic carbocycles. The van der Waals surface area contributed by atoms with Gasteiger partial charge in [-0.3, -0.25) is 4.90 Å². The van der Waals surface area contributed by atoms with Crippen LogP contribution in [0.5, 0.6) is 28.7 Å². The molecular formula is C29H30N2O7. The minimum absolute atomic E-state index is 0.161. The molecule has 9 heteroatoms. The molecule has 3 aromatic rings. The second-order valence-electron chi connectivity index (χ2n) is 9.55. The van der Waals surface area contributed by atoms with Gasteiger partial charge in [-0.05, 0) is 49.4 Å². The van der Waals surface area contributed by atoms with Crippen LogP contribution in [0.3, 0.4) is 0 Å². The largest absolute Gasteiger partial charge is 0.497 e. The van der Waals surface area contributed by atoms with Crippen molar-refractivity contribution in [2.75, 3.05) is 47.0 Å². The van der Waals surface area contributed by atoms with Gasteiger partial charge in [0.1, 0.15) is 17.6 Å². The number of carbonyl (C=O) groups excluding carboxylic acids is 1. The summed E-state index contributed by atoms with van der Waals surface area (Å²) >= 11 is 0. The molecule has 0 radical (unpaired) electrons. The summed E-state index contributed by atoms with van der Waals surface area (Å²) in [6.45, 7) is 1.50. The van der Waals surface area contributed by atoms with E-state index in [0.29, 0.717) is 29.4 Å². The van der Waals surface area contributed by atoms with Gasteiger partial charge in [-0.25, -0.2) is 4.79 Å². The van der Waals surface area contributed by atoms with E-state index in [4.69, 9.17) is 28.4 Å². The summed E-state index contributed by atoms with van der Waals surface area (Å²) in [5.41, 5.74) is 5.29. The molecule has 3 heterocycles. The highest BCUT2D eigenvalue weighted by Crippen LogP contribution is 2.54. The maximum atomic E-state index is 13.1. The number of methoxy groups -OCH3 is 3. The van der Waals surface area contributed by atoms with Gasteiger partial charge in [0.15, 0.2) is 11.5 Å². The Bertz CT molecular complexity index is 1410. The SMILES string of the molecule is COc1ccc(CNc2ccc3c(c2)C(=O)OC3C2c3c(cc4c(c3OC)OCO4)CCN2C)c(OC)c1. The molecule has 3 aliphatic heterocycles. The van der Waals surface area contributed by atoms with E-state index in [0.717, 1.165) is 52.4 Å². The standard InChI is InChI=1S/C29H30N2O7/c1-31-10-9-16-11-23-27(37-15-36-23)28(35-4)24(16)25(31)26-20-8-6-18(12-21(20)29(32)38-26)30-14-17-5-7-19(33-2)13-22(17)34-3/h5-8,11-13,25-26,30H,9-10,14-15H2,1-4H3. The number of hydrogen-bond donors (Lipinski definition) is 1. The first-order valence-corrected chi connectivity index (χ1v) is 12.5. The molecule has 198 valence electrons. The summed E-state index contributed by atoms with van der Waals surface area (Å²) in [7, 11) is 6.93. The number of benzene rings is 3. The minimum atomic E-state index is -0.480. The molecule has 0 bridgehead atoms. The van der Waals surface area contributed by atoms with Crippen molar-refractivity contribution in [3.05, 3.63) is 70.3 Å². The molecule has 0 spiro atoms. The van der Waals surface area contributed by atoms with Crippen LogP contribution in [0.2, 0.25) is 0 Å². The number of hydrogen-bond acceptors (Lipinski definition) is 9. The van der Waals surface area contributed by atoms with Crippen molar-refractivity contribution < 1.29 is 33.2 Å². The van der Waals surface area contributed by atoms with Gasteiger partial charge >= 0.3 is 5.97 Å². The lowest BCUT2D eigenvalue weighted by atomic mass is 9.85. The van der Waals surface area contributed by atoms with E-state index < -0.39 is 6.10 Å². The number of fused-ring (bicyclic) bond motifs is 3. The number of cyclic esters (lactones) is 1. The fraction of sp³-hybridized carbons (Fsp3) is 0.345. The van der Waals surface area contributed by atoms with Gasteiger partial charge in [0.25, 0.3) is 0 Å². The van der Waals surface area contributed by atoms with Crippen molar-refractivity contribution in [3.63, 3.8) is 0 Å². The fourth-order valence-corrected chi connectivity index (χ4v) is 5.61. The molecule has 0 fully saturated rings. The Hall–Kier alpha value is -4.11. The Morgan fingerprint density at radius 2 is 1.89 bits per heavy atom. The maximum Gasteiger partial charge on any atom is 0.339 e. The van der Waals surface area contributed by atoms with E-state index in [-0.39, 0.29) is 18.8 Å². The van der Waals surface area contributed by atoms with Crippen LogP contribution in [0.1, 0.15) is 44.8 Å². The van der Waals surface area contributed by atoms with Gasteiger partial charge in [-0.2, -0.15) is 0 Å². The van der Waals surface area contributed by atoms with Gasteiger partial charge in [0.2, 0.25) is 12.5 Å². The number of nitrogens with one attached hydrogen (secondary N) is 1. The van der Waals surface area contributed by atoms with Gasteiger partial charge in [-0.15, -0.1) is 0 Å². The van der Waals surface area contributed by atoms with E-state index in [1.54, 1.807) is 21.3 Å². The molecule has 1 N–H and O–H groups in total. The predicted molar refractivity (Wildman–Crippen MR) is 140 cm³/mol. The van der Waals surface area contributed by atoms with Gasteiger partial charge in [-0.1, -0.05) is 6.07 Å². The zero-order chi connectivity index (χ0) is 26.4. The summed E-state index contributed by atoms with van der Waals surface area (Å²) in [5.74, 6) is 3.05. The molecule has 0 saturated carbocycles. The molecule has 2 unspecified atom stereocenters. The average molecular weight is 519 g/mol. The number of rotatable bonds is 7. The molecule has 9 nitrogen and oxygen atoms in total.